The van der Waals surface area contributed by atoms with E-state index in [4.69, 9.17) is 16.3 Å². The van der Waals surface area contributed by atoms with E-state index in [1.54, 1.807) is 12.1 Å². The smallest absolute Gasteiger partial charge is 0.183 e. The lowest BCUT2D eigenvalue weighted by Gasteiger charge is -2.15. The van der Waals surface area contributed by atoms with E-state index in [0.29, 0.717) is 0 Å². The summed E-state index contributed by atoms with van der Waals surface area (Å²) in [6, 6.07) is 4.81. The number of hydrogen-bond acceptors (Lipinski definition) is 2. The molecule has 1 rings (SSSR count). The monoisotopic (exact) mass is 273 g/mol. The first-order valence-electron chi connectivity index (χ1n) is 6.46. The largest absolute Gasteiger partial charge is 0.488 e. The lowest BCUT2D eigenvalue weighted by molar-refractivity contribution is 0.198. The first kappa shape index (κ1) is 15.3. The molecule has 0 bridgehead atoms. The van der Waals surface area contributed by atoms with Crippen LogP contribution in [0.25, 0.3) is 0 Å². The second-order valence-corrected chi connectivity index (χ2v) is 4.78. The molecular formula is C14H21ClFNO. The van der Waals surface area contributed by atoms with Gasteiger partial charge in [0.05, 0.1) is 11.1 Å². The molecule has 0 amide bonds. The molecule has 4 heteroatoms. The van der Waals surface area contributed by atoms with Gasteiger partial charge in [0.1, 0.15) is 0 Å². The molecule has 0 aliphatic carbocycles. The summed E-state index contributed by atoms with van der Waals surface area (Å²) in [5, 5.41) is 3.43. The van der Waals surface area contributed by atoms with Crippen molar-refractivity contribution in [1.29, 1.82) is 0 Å². The van der Waals surface area contributed by atoms with Crippen molar-refractivity contribution in [2.75, 3.05) is 13.1 Å². The van der Waals surface area contributed by atoms with Gasteiger partial charge in [-0.3, -0.25) is 0 Å². The van der Waals surface area contributed by atoms with Crippen LogP contribution in [0.15, 0.2) is 18.2 Å². The Bertz CT molecular complexity index is 360. The highest BCUT2D eigenvalue weighted by atomic mass is 35.5. The van der Waals surface area contributed by atoms with Crippen LogP contribution in [0.1, 0.15) is 33.1 Å². The Labute approximate surface area is 113 Å². The molecule has 0 fully saturated rings. The van der Waals surface area contributed by atoms with Crippen molar-refractivity contribution in [2.24, 2.45) is 0 Å². The summed E-state index contributed by atoms with van der Waals surface area (Å²) in [7, 11) is 0. The molecule has 0 heterocycles. The first-order chi connectivity index (χ1) is 8.65. The van der Waals surface area contributed by atoms with Crippen molar-refractivity contribution >= 4 is 11.6 Å². The molecule has 102 valence electrons. The highest BCUT2D eigenvalue weighted by molar-refractivity contribution is 6.30. The van der Waals surface area contributed by atoms with E-state index < -0.39 is 5.82 Å². The van der Waals surface area contributed by atoms with E-state index >= 15 is 0 Å². The number of hydrogen-bond donors (Lipinski definition) is 1. The molecule has 0 radical (unpaired) electrons. The van der Waals surface area contributed by atoms with Gasteiger partial charge in [0, 0.05) is 0 Å². The van der Waals surface area contributed by atoms with Crippen molar-refractivity contribution in [1.82, 2.24) is 5.32 Å². The maximum atomic E-state index is 13.6. The molecule has 1 N–H and O–H groups in total. The molecule has 0 saturated heterocycles. The van der Waals surface area contributed by atoms with Gasteiger partial charge in [-0.1, -0.05) is 24.6 Å². The number of rotatable bonds is 8. The summed E-state index contributed by atoms with van der Waals surface area (Å²) >= 11 is 5.69. The summed E-state index contributed by atoms with van der Waals surface area (Å²) in [6.45, 7) is 6.10. The molecule has 1 atom stereocenters. The lowest BCUT2D eigenvalue weighted by Crippen LogP contribution is -2.19. The summed E-state index contributed by atoms with van der Waals surface area (Å²) < 4.78 is 19.1. The van der Waals surface area contributed by atoms with Gasteiger partial charge in [-0.05, 0) is 51.4 Å². The van der Waals surface area contributed by atoms with Crippen LogP contribution in [0.4, 0.5) is 4.39 Å². The predicted octanol–water partition coefficient (Wildman–Crippen LogP) is 4.03. The second-order valence-electron chi connectivity index (χ2n) is 4.37. The minimum Gasteiger partial charge on any atom is -0.488 e. The van der Waals surface area contributed by atoms with E-state index in [1.165, 1.54) is 6.07 Å². The fourth-order valence-corrected chi connectivity index (χ4v) is 1.83. The standard InChI is InChI=1S/C14H21ClFNO/c1-3-9-17-10-5-6-11(2)18-13-8-4-7-12(15)14(13)16/h4,7-8,11,17H,3,5-6,9-10H2,1-2H3. The van der Waals surface area contributed by atoms with E-state index in [9.17, 15) is 4.39 Å². The van der Waals surface area contributed by atoms with E-state index in [1.807, 2.05) is 6.92 Å². The number of halogens is 2. The minimum absolute atomic E-state index is 0.0126. The molecule has 0 aliphatic heterocycles. The van der Waals surface area contributed by atoms with Crippen LogP contribution in [-0.2, 0) is 0 Å². The summed E-state index contributed by atoms with van der Waals surface area (Å²) in [6.07, 6.45) is 3.03. The summed E-state index contributed by atoms with van der Waals surface area (Å²) in [4.78, 5) is 0. The van der Waals surface area contributed by atoms with Crippen LogP contribution in [0.5, 0.6) is 5.75 Å². The first-order valence-corrected chi connectivity index (χ1v) is 6.84. The van der Waals surface area contributed by atoms with Gasteiger partial charge in [0.15, 0.2) is 11.6 Å². The zero-order valence-corrected chi connectivity index (χ0v) is 11.8. The number of nitrogens with one attached hydrogen (secondary N) is 1. The zero-order valence-electron chi connectivity index (χ0n) is 11.0. The van der Waals surface area contributed by atoms with Crippen molar-refractivity contribution < 1.29 is 9.13 Å². The normalized spacial score (nSPS) is 12.4. The van der Waals surface area contributed by atoms with Crippen molar-refractivity contribution in [2.45, 2.75) is 39.2 Å². The van der Waals surface area contributed by atoms with Crippen molar-refractivity contribution in [3.63, 3.8) is 0 Å². The second kappa shape index (κ2) is 8.33. The molecule has 0 aromatic heterocycles. The highest BCUT2D eigenvalue weighted by Crippen LogP contribution is 2.25. The van der Waals surface area contributed by atoms with Crippen molar-refractivity contribution in [3.05, 3.63) is 29.0 Å². The molecule has 0 saturated carbocycles. The van der Waals surface area contributed by atoms with Gasteiger partial charge in [-0.2, -0.15) is 0 Å². The van der Waals surface area contributed by atoms with Gasteiger partial charge in [-0.15, -0.1) is 0 Å². The highest BCUT2D eigenvalue weighted by Gasteiger charge is 2.10. The van der Waals surface area contributed by atoms with Gasteiger partial charge in [-0.25, -0.2) is 4.39 Å². The Morgan fingerprint density at radius 1 is 1.39 bits per heavy atom. The lowest BCUT2D eigenvalue weighted by atomic mass is 10.2. The maximum Gasteiger partial charge on any atom is 0.183 e. The van der Waals surface area contributed by atoms with Gasteiger partial charge in [0.25, 0.3) is 0 Å². The third kappa shape index (κ3) is 5.23. The van der Waals surface area contributed by atoms with Crippen LogP contribution < -0.4 is 10.1 Å². The molecule has 0 spiro atoms. The zero-order chi connectivity index (χ0) is 13.4. The van der Waals surface area contributed by atoms with Crippen LogP contribution in [0.3, 0.4) is 0 Å². The Morgan fingerprint density at radius 3 is 2.89 bits per heavy atom. The molecule has 2 nitrogen and oxygen atoms in total. The van der Waals surface area contributed by atoms with Crippen LogP contribution in [0, 0.1) is 5.82 Å². The molecule has 18 heavy (non-hydrogen) atoms. The summed E-state index contributed by atoms with van der Waals surface area (Å²) in [5.41, 5.74) is 0. The average Bonchev–Trinajstić information content (AvgIpc) is 2.35. The fraction of sp³-hybridized carbons (Fsp3) is 0.571. The molecule has 1 aromatic carbocycles. The fourth-order valence-electron chi connectivity index (χ4n) is 1.67. The SMILES string of the molecule is CCCNCCCC(C)Oc1cccc(Cl)c1F. The third-order valence-corrected chi connectivity index (χ3v) is 2.93. The quantitative estimate of drug-likeness (QED) is 0.722. The Kier molecular flexibility index (Phi) is 7.06. The predicted molar refractivity (Wildman–Crippen MR) is 73.9 cm³/mol. The van der Waals surface area contributed by atoms with Crippen LogP contribution in [-0.4, -0.2) is 19.2 Å². The van der Waals surface area contributed by atoms with Gasteiger partial charge in [0.2, 0.25) is 0 Å². The Morgan fingerprint density at radius 2 is 2.17 bits per heavy atom. The molecule has 1 unspecified atom stereocenters. The van der Waals surface area contributed by atoms with Crippen LogP contribution >= 0.6 is 11.6 Å². The van der Waals surface area contributed by atoms with E-state index in [-0.39, 0.29) is 16.9 Å². The molecule has 1 aromatic rings. The Balaban J connectivity index is 2.31. The number of ether oxygens (including phenoxy) is 1. The van der Waals surface area contributed by atoms with Crippen molar-refractivity contribution in [3.8, 4) is 5.75 Å². The van der Waals surface area contributed by atoms with E-state index in [2.05, 4.69) is 12.2 Å². The Hall–Kier alpha value is -0.800. The van der Waals surface area contributed by atoms with Gasteiger partial charge >= 0.3 is 0 Å². The molecule has 0 aliphatic rings. The molecular weight excluding hydrogens is 253 g/mol. The van der Waals surface area contributed by atoms with E-state index in [0.717, 1.165) is 32.4 Å². The maximum absolute atomic E-state index is 13.6. The topological polar surface area (TPSA) is 21.3 Å². The average molecular weight is 274 g/mol. The number of benzene rings is 1. The minimum atomic E-state index is -0.477. The summed E-state index contributed by atoms with van der Waals surface area (Å²) in [5.74, 6) is -0.244. The van der Waals surface area contributed by atoms with Gasteiger partial charge < -0.3 is 10.1 Å². The third-order valence-electron chi connectivity index (χ3n) is 2.64. The van der Waals surface area contributed by atoms with Crippen LogP contribution in [0.2, 0.25) is 5.02 Å².